The summed E-state index contributed by atoms with van der Waals surface area (Å²) in [6.07, 6.45) is 0.911. The summed E-state index contributed by atoms with van der Waals surface area (Å²) in [5, 5.41) is 23.9. The predicted molar refractivity (Wildman–Crippen MR) is 111 cm³/mol. The average Bonchev–Trinajstić information content (AvgIpc) is 3.07. The summed E-state index contributed by atoms with van der Waals surface area (Å²) in [4.78, 5) is 12.8. The molecule has 0 aromatic heterocycles. The second-order valence-corrected chi connectivity index (χ2v) is 7.95. The maximum Gasteiger partial charge on any atom is 0.316 e. The van der Waals surface area contributed by atoms with Crippen LogP contribution in [0.15, 0.2) is 42.5 Å². The first-order valence-corrected chi connectivity index (χ1v) is 10.2. The number of nitrogens with zero attached hydrogens (tertiary/aromatic N) is 3. The Kier molecular flexibility index (Phi) is 6.59. The molecule has 1 N–H and O–H groups in total. The van der Waals surface area contributed by atoms with Gasteiger partial charge in [-0.05, 0) is 30.3 Å². The van der Waals surface area contributed by atoms with Crippen molar-refractivity contribution in [1.82, 2.24) is 0 Å². The first-order valence-electron chi connectivity index (χ1n) is 9.22. The Bertz CT molecular complexity index is 1000. The van der Waals surface area contributed by atoms with Crippen molar-refractivity contribution in [3.05, 3.63) is 58.1 Å². The molecule has 2 aliphatic heterocycles. The van der Waals surface area contributed by atoms with Gasteiger partial charge < -0.3 is 31.6 Å². The van der Waals surface area contributed by atoms with Crippen LogP contribution in [0, 0.1) is 10.1 Å². The molecule has 0 bridgehead atoms. The number of methoxy groups -OCH3 is 2. The minimum absolute atomic E-state index is 0. The van der Waals surface area contributed by atoms with Crippen molar-refractivity contribution in [3.63, 3.8) is 0 Å². The van der Waals surface area contributed by atoms with Crippen molar-refractivity contribution in [2.24, 2.45) is 0 Å². The van der Waals surface area contributed by atoms with Gasteiger partial charge in [-0.1, -0.05) is 12.1 Å². The smallest absolute Gasteiger partial charge is 0.316 e. The molecule has 8 nitrogen and oxygen atoms in total. The van der Waals surface area contributed by atoms with E-state index in [-0.39, 0.29) is 29.2 Å². The lowest BCUT2D eigenvalue weighted by molar-refractivity contribution is -0.656. The number of anilines is 1. The summed E-state index contributed by atoms with van der Waals surface area (Å²) in [5.74, 6) is 2.27. The number of non-ortho nitro benzene ring substituents is 1. The van der Waals surface area contributed by atoms with Gasteiger partial charge >= 0.3 is 5.17 Å². The SMILES string of the molecule is COc1ccc(OC)c(N2CC(O)(c3cccc([N+](=O)[O-])c3)[N+]3=C2SCCC3)c1.[Br-]. The topological polar surface area (TPSA) is 88.1 Å². The Labute approximate surface area is 189 Å². The number of nitro benzene ring substituents is 1. The van der Waals surface area contributed by atoms with E-state index in [2.05, 4.69) is 0 Å². The molecule has 0 saturated carbocycles. The molecule has 160 valence electrons. The first kappa shape index (κ1) is 22.4. The number of ether oxygens (including phenoxy) is 2. The van der Waals surface area contributed by atoms with Gasteiger partial charge in [-0.2, -0.15) is 0 Å². The number of aliphatic hydroxyl groups is 1. The van der Waals surface area contributed by atoms with E-state index in [9.17, 15) is 15.2 Å². The number of benzene rings is 2. The number of hydrogen-bond acceptors (Lipinski definition) is 7. The lowest BCUT2D eigenvalue weighted by Crippen LogP contribution is -3.00. The van der Waals surface area contributed by atoms with Gasteiger partial charge in [-0.25, -0.2) is 9.48 Å². The fourth-order valence-electron chi connectivity index (χ4n) is 3.81. The van der Waals surface area contributed by atoms with Crippen LogP contribution in [0.2, 0.25) is 0 Å². The van der Waals surface area contributed by atoms with E-state index in [1.807, 2.05) is 27.7 Å². The molecule has 1 unspecified atom stereocenters. The van der Waals surface area contributed by atoms with Crippen LogP contribution in [0.3, 0.4) is 0 Å². The fourth-order valence-corrected chi connectivity index (χ4v) is 4.98. The minimum Gasteiger partial charge on any atom is -1.00 e. The zero-order valence-corrected chi connectivity index (χ0v) is 19.0. The monoisotopic (exact) mass is 495 g/mol. The molecule has 0 fully saturated rings. The molecule has 30 heavy (non-hydrogen) atoms. The lowest BCUT2D eigenvalue weighted by atomic mass is 10.0. The number of halogens is 1. The number of β-amino-alcohol motifs (C(OH)–C–C–N with tert-alkyl or cyclic N) is 1. The largest absolute Gasteiger partial charge is 1.00 e. The van der Waals surface area contributed by atoms with E-state index in [1.54, 1.807) is 38.1 Å². The van der Waals surface area contributed by atoms with Crippen LogP contribution in [0.4, 0.5) is 11.4 Å². The summed E-state index contributed by atoms with van der Waals surface area (Å²) < 4.78 is 12.9. The quantitative estimate of drug-likeness (QED) is 0.348. The average molecular weight is 496 g/mol. The van der Waals surface area contributed by atoms with Gasteiger partial charge in [0.05, 0.1) is 25.7 Å². The molecule has 0 amide bonds. The Morgan fingerprint density at radius 1 is 1.23 bits per heavy atom. The summed E-state index contributed by atoms with van der Waals surface area (Å²) >= 11 is 1.66. The molecule has 10 heteroatoms. The molecule has 2 heterocycles. The molecule has 1 atom stereocenters. The maximum absolute atomic E-state index is 11.7. The summed E-state index contributed by atoms with van der Waals surface area (Å²) in [5.41, 5.74) is -0.152. The second kappa shape index (κ2) is 8.83. The maximum atomic E-state index is 11.7. The number of hydrogen-bond donors (Lipinski definition) is 1. The third-order valence-corrected chi connectivity index (χ3v) is 6.43. The van der Waals surface area contributed by atoms with Crippen molar-refractivity contribution < 1.29 is 41.1 Å². The van der Waals surface area contributed by atoms with E-state index in [0.29, 0.717) is 23.6 Å². The number of rotatable bonds is 5. The number of nitro groups is 1. The molecular weight excluding hydrogens is 474 g/mol. The summed E-state index contributed by atoms with van der Waals surface area (Å²) in [6, 6.07) is 11.7. The Morgan fingerprint density at radius 2 is 2.03 bits per heavy atom. The first-order chi connectivity index (χ1) is 14.0. The Hall–Kier alpha value is -2.30. The molecule has 0 radical (unpaired) electrons. The molecule has 2 aliphatic rings. The number of amidine groups is 1. The van der Waals surface area contributed by atoms with Crippen LogP contribution in [0.25, 0.3) is 0 Å². The summed E-state index contributed by atoms with van der Waals surface area (Å²) in [6.45, 7) is 0.879. The lowest BCUT2D eigenvalue weighted by Gasteiger charge is -2.24. The molecule has 0 saturated heterocycles. The van der Waals surface area contributed by atoms with Crippen molar-refractivity contribution in [1.29, 1.82) is 0 Å². The highest BCUT2D eigenvalue weighted by Crippen LogP contribution is 2.42. The summed E-state index contributed by atoms with van der Waals surface area (Å²) in [7, 11) is 3.20. The molecule has 2 aromatic carbocycles. The van der Waals surface area contributed by atoms with Crippen LogP contribution < -0.4 is 31.4 Å². The fraction of sp³-hybridized carbons (Fsp3) is 0.350. The normalized spacial score (nSPS) is 20.4. The van der Waals surface area contributed by atoms with Gasteiger partial charge in [-0.3, -0.25) is 10.1 Å². The van der Waals surface area contributed by atoms with Crippen molar-refractivity contribution >= 4 is 28.3 Å². The minimum atomic E-state index is -1.39. The standard InChI is InChI=1S/C20H22N3O5S.BrH/c1-27-16-7-8-18(28-2)17(12-16)21-13-20(24,22-9-4-10-29-19(21)22)14-5-3-6-15(11-14)23(25)26;/h3,5-8,11-12,24H,4,9-10,13H2,1-2H3;1H/q+1;/p-1. The third-order valence-electron chi connectivity index (χ3n) is 5.24. The molecule has 0 spiro atoms. The van der Waals surface area contributed by atoms with Crippen LogP contribution in [0.1, 0.15) is 12.0 Å². The van der Waals surface area contributed by atoms with Crippen molar-refractivity contribution in [2.45, 2.75) is 12.1 Å². The van der Waals surface area contributed by atoms with Gasteiger partial charge in [0.2, 0.25) is 0 Å². The van der Waals surface area contributed by atoms with Gasteiger partial charge in [0.1, 0.15) is 5.75 Å². The molecule has 0 aliphatic carbocycles. The van der Waals surface area contributed by atoms with Crippen LogP contribution in [-0.2, 0) is 5.72 Å². The number of thioether (sulfide) groups is 1. The van der Waals surface area contributed by atoms with E-state index < -0.39 is 10.6 Å². The van der Waals surface area contributed by atoms with Crippen molar-refractivity contribution in [3.8, 4) is 11.5 Å². The predicted octanol–water partition coefficient (Wildman–Crippen LogP) is -0.213. The second-order valence-electron chi connectivity index (χ2n) is 6.88. The van der Waals surface area contributed by atoms with Gasteiger partial charge in [0, 0.05) is 29.5 Å². The van der Waals surface area contributed by atoms with Crippen molar-refractivity contribution in [2.75, 3.05) is 38.0 Å². The molecule has 4 rings (SSSR count). The van der Waals surface area contributed by atoms with E-state index in [0.717, 1.165) is 23.0 Å². The third kappa shape index (κ3) is 3.75. The highest BCUT2D eigenvalue weighted by Gasteiger charge is 2.54. The zero-order valence-electron chi connectivity index (χ0n) is 16.6. The van der Waals surface area contributed by atoms with E-state index in [4.69, 9.17) is 9.47 Å². The van der Waals surface area contributed by atoms with Gasteiger partial charge in [0.25, 0.3) is 11.4 Å². The van der Waals surface area contributed by atoms with Gasteiger partial charge in [-0.15, -0.1) is 0 Å². The van der Waals surface area contributed by atoms with Gasteiger partial charge in [0.15, 0.2) is 18.0 Å². The highest BCUT2D eigenvalue weighted by molar-refractivity contribution is 8.13. The highest BCUT2D eigenvalue weighted by atomic mass is 79.9. The van der Waals surface area contributed by atoms with E-state index in [1.165, 1.54) is 12.1 Å². The molecular formula is C20H22BrN3O5S. The van der Waals surface area contributed by atoms with E-state index >= 15 is 0 Å². The zero-order chi connectivity index (χ0) is 20.6. The van der Waals surface area contributed by atoms with Crippen LogP contribution >= 0.6 is 11.8 Å². The van der Waals surface area contributed by atoms with Crippen LogP contribution in [-0.4, -0.2) is 52.8 Å². The Balaban J connectivity index is 0.00000256. The molecule has 2 aromatic rings. The Morgan fingerprint density at radius 3 is 2.73 bits per heavy atom. The van der Waals surface area contributed by atoms with Crippen LogP contribution in [0.5, 0.6) is 11.5 Å².